The second kappa shape index (κ2) is 9.15. The molecular weight excluding hydrogens is 474 g/mol. The number of carbonyl (C=O) groups excluding carboxylic acids is 2. The van der Waals surface area contributed by atoms with Crippen LogP contribution < -0.4 is 15.5 Å². The lowest BCUT2D eigenvalue weighted by Crippen LogP contribution is -2.24. The van der Waals surface area contributed by atoms with Gasteiger partial charge in [0.05, 0.1) is 23.6 Å². The Morgan fingerprint density at radius 2 is 1.88 bits per heavy atom. The van der Waals surface area contributed by atoms with E-state index in [1.165, 1.54) is 25.7 Å². The Kier molecular flexibility index (Phi) is 6.13. The number of anilines is 1. The van der Waals surface area contributed by atoms with Crippen molar-refractivity contribution in [1.29, 1.82) is 0 Å². The van der Waals surface area contributed by atoms with Gasteiger partial charge in [0, 0.05) is 34.3 Å². The van der Waals surface area contributed by atoms with E-state index in [2.05, 4.69) is 26.2 Å². The number of fused-ring (bicyclic) bond motifs is 1. The lowest BCUT2D eigenvalue weighted by Gasteiger charge is -2.14. The van der Waals surface area contributed by atoms with Gasteiger partial charge in [0.15, 0.2) is 5.78 Å². The van der Waals surface area contributed by atoms with Gasteiger partial charge in [-0.25, -0.2) is 0 Å². The van der Waals surface area contributed by atoms with Gasteiger partial charge < -0.3 is 14.6 Å². The number of benzene rings is 2. The largest absolute Gasteiger partial charge is 0.497 e. The highest BCUT2D eigenvalue weighted by Gasteiger charge is 2.19. The minimum absolute atomic E-state index is 0.0350. The Morgan fingerprint density at radius 1 is 1.09 bits per heavy atom. The van der Waals surface area contributed by atoms with Crippen LogP contribution in [0, 0.1) is 0 Å². The van der Waals surface area contributed by atoms with Crippen molar-refractivity contribution in [3.8, 4) is 5.75 Å². The van der Waals surface area contributed by atoms with Crippen molar-refractivity contribution in [2.75, 3.05) is 12.4 Å². The maximum absolute atomic E-state index is 13.2. The van der Waals surface area contributed by atoms with Gasteiger partial charge in [-0.15, -0.1) is 0 Å². The zero-order valence-electron chi connectivity index (χ0n) is 17.0. The zero-order valence-corrected chi connectivity index (χ0v) is 18.6. The van der Waals surface area contributed by atoms with E-state index in [0.29, 0.717) is 27.9 Å². The summed E-state index contributed by atoms with van der Waals surface area (Å²) in [6, 6.07) is 15.3. The molecule has 0 unspecified atom stereocenters. The number of nitrogens with one attached hydrogen (secondary N) is 1. The van der Waals surface area contributed by atoms with E-state index in [9.17, 15) is 14.4 Å². The van der Waals surface area contributed by atoms with Crippen molar-refractivity contribution in [1.82, 2.24) is 9.55 Å². The number of pyridine rings is 2. The van der Waals surface area contributed by atoms with E-state index in [1.54, 1.807) is 47.0 Å². The SMILES string of the molecule is COc1ccc2c(c1)c(=O)c(C(=O)c1ccncc1)cn2CC(=O)Nc1cccc(Br)c1. The molecular formula is C24H18BrN3O4. The van der Waals surface area contributed by atoms with Crippen LogP contribution in [-0.4, -0.2) is 28.4 Å². The number of hydrogen-bond acceptors (Lipinski definition) is 5. The van der Waals surface area contributed by atoms with E-state index < -0.39 is 11.2 Å². The Hall–Kier alpha value is -3.78. The summed E-state index contributed by atoms with van der Waals surface area (Å²) in [6.07, 6.45) is 4.41. The highest BCUT2D eigenvalue weighted by atomic mass is 79.9. The van der Waals surface area contributed by atoms with Crippen molar-refractivity contribution < 1.29 is 14.3 Å². The minimum atomic E-state index is -0.441. The number of methoxy groups -OCH3 is 1. The summed E-state index contributed by atoms with van der Waals surface area (Å²) in [7, 11) is 1.50. The third kappa shape index (κ3) is 4.45. The number of nitrogens with zero attached hydrogens (tertiary/aromatic N) is 2. The second-order valence-electron chi connectivity index (χ2n) is 7.01. The number of halogens is 1. The number of rotatable bonds is 6. The zero-order chi connectivity index (χ0) is 22.7. The maximum atomic E-state index is 13.2. The molecule has 0 aliphatic heterocycles. The van der Waals surface area contributed by atoms with Gasteiger partial charge in [0.1, 0.15) is 12.3 Å². The predicted octanol–water partition coefficient (Wildman–Crippen LogP) is 4.04. The molecule has 0 bridgehead atoms. The van der Waals surface area contributed by atoms with E-state index >= 15 is 0 Å². The molecule has 0 spiro atoms. The van der Waals surface area contributed by atoms with E-state index in [1.807, 2.05) is 12.1 Å². The number of ketones is 1. The third-order valence-corrected chi connectivity index (χ3v) is 5.39. The first kappa shape index (κ1) is 21.5. The van der Waals surface area contributed by atoms with Gasteiger partial charge in [0.2, 0.25) is 11.3 Å². The molecule has 0 fully saturated rings. The molecule has 0 saturated heterocycles. The molecule has 4 rings (SSSR count). The Balaban J connectivity index is 1.78. The molecule has 0 atom stereocenters. The molecule has 1 amide bonds. The van der Waals surface area contributed by atoms with Crippen LogP contribution >= 0.6 is 15.9 Å². The van der Waals surface area contributed by atoms with Crippen molar-refractivity contribution in [3.05, 3.63) is 99.0 Å². The van der Waals surface area contributed by atoms with Crippen LogP contribution in [0.4, 0.5) is 5.69 Å². The average Bonchev–Trinajstić information content (AvgIpc) is 2.80. The molecule has 0 aliphatic carbocycles. The van der Waals surface area contributed by atoms with Crippen LogP contribution in [0.5, 0.6) is 5.75 Å². The molecule has 32 heavy (non-hydrogen) atoms. The van der Waals surface area contributed by atoms with Gasteiger partial charge in [-0.2, -0.15) is 0 Å². The molecule has 2 aromatic heterocycles. The van der Waals surface area contributed by atoms with Crippen LogP contribution in [0.25, 0.3) is 10.9 Å². The molecule has 8 heteroatoms. The summed E-state index contributed by atoms with van der Waals surface area (Å²) in [5.41, 5.74) is 1.03. The lowest BCUT2D eigenvalue weighted by atomic mass is 10.0. The van der Waals surface area contributed by atoms with Crippen molar-refractivity contribution in [2.45, 2.75) is 6.54 Å². The molecule has 0 saturated carbocycles. The summed E-state index contributed by atoms with van der Waals surface area (Å²) in [5.74, 6) is -0.261. The molecule has 2 heterocycles. The van der Waals surface area contributed by atoms with Crippen molar-refractivity contribution >= 4 is 44.2 Å². The average molecular weight is 492 g/mol. The number of carbonyl (C=O) groups is 2. The Bertz CT molecular complexity index is 1380. The first-order valence-electron chi connectivity index (χ1n) is 9.67. The normalized spacial score (nSPS) is 10.7. The van der Waals surface area contributed by atoms with E-state index in [-0.39, 0.29) is 18.0 Å². The summed E-state index contributed by atoms with van der Waals surface area (Å²) < 4.78 is 7.68. The standard InChI is InChI=1S/C24H18BrN3O4/c1-32-18-5-6-21-19(12-18)24(31)20(23(30)15-7-9-26-10-8-15)13-28(21)14-22(29)27-17-4-2-3-16(25)11-17/h2-13H,14H2,1H3,(H,27,29). The topological polar surface area (TPSA) is 90.3 Å². The summed E-state index contributed by atoms with van der Waals surface area (Å²) in [4.78, 5) is 42.9. The Morgan fingerprint density at radius 3 is 2.59 bits per heavy atom. The number of ether oxygens (including phenoxy) is 1. The van der Waals surface area contributed by atoms with Crippen LogP contribution in [0.2, 0.25) is 0 Å². The van der Waals surface area contributed by atoms with Crippen molar-refractivity contribution in [2.24, 2.45) is 0 Å². The smallest absolute Gasteiger partial charge is 0.244 e. The first-order valence-corrected chi connectivity index (χ1v) is 10.5. The summed E-state index contributed by atoms with van der Waals surface area (Å²) >= 11 is 3.38. The fraction of sp³-hybridized carbons (Fsp3) is 0.0833. The fourth-order valence-corrected chi connectivity index (χ4v) is 3.78. The minimum Gasteiger partial charge on any atom is -0.497 e. The number of hydrogen-bond donors (Lipinski definition) is 1. The summed E-state index contributed by atoms with van der Waals surface area (Å²) in [5, 5.41) is 3.12. The molecule has 1 N–H and O–H groups in total. The monoisotopic (exact) mass is 491 g/mol. The van der Waals surface area contributed by atoms with Crippen LogP contribution in [0.15, 0.2) is 82.5 Å². The van der Waals surface area contributed by atoms with Gasteiger partial charge in [-0.1, -0.05) is 22.0 Å². The second-order valence-corrected chi connectivity index (χ2v) is 7.92. The lowest BCUT2D eigenvalue weighted by molar-refractivity contribution is -0.116. The molecule has 7 nitrogen and oxygen atoms in total. The first-order chi connectivity index (χ1) is 15.5. The van der Waals surface area contributed by atoms with Crippen LogP contribution in [-0.2, 0) is 11.3 Å². The Labute approximate surface area is 191 Å². The maximum Gasteiger partial charge on any atom is 0.244 e. The fourth-order valence-electron chi connectivity index (χ4n) is 3.38. The van der Waals surface area contributed by atoms with Crippen molar-refractivity contribution in [3.63, 3.8) is 0 Å². The molecule has 160 valence electrons. The third-order valence-electron chi connectivity index (χ3n) is 4.90. The highest BCUT2D eigenvalue weighted by Crippen LogP contribution is 2.21. The van der Waals surface area contributed by atoms with Crippen LogP contribution in [0.1, 0.15) is 15.9 Å². The van der Waals surface area contributed by atoms with Gasteiger partial charge in [-0.05, 0) is 48.5 Å². The summed E-state index contributed by atoms with van der Waals surface area (Å²) in [6.45, 7) is -0.0910. The van der Waals surface area contributed by atoms with Gasteiger partial charge >= 0.3 is 0 Å². The predicted molar refractivity (Wildman–Crippen MR) is 125 cm³/mol. The van der Waals surface area contributed by atoms with E-state index in [0.717, 1.165) is 4.47 Å². The number of amides is 1. The quantitative estimate of drug-likeness (QED) is 0.411. The molecule has 0 radical (unpaired) electrons. The molecule has 2 aromatic carbocycles. The highest BCUT2D eigenvalue weighted by molar-refractivity contribution is 9.10. The molecule has 0 aliphatic rings. The van der Waals surface area contributed by atoms with E-state index in [4.69, 9.17) is 4.74 Å². The number of aromatic nitrogens is 2. The van der Waals surface area contributed by atoms with Gasteiger partial charge in [-0.3, -0.25) is 19.4 Å². The van der Waals surface area contributed by atoms with Crippen LogP contribution in [0.3, 0.4) is 0 Å². The van der Waals surface area contributed by atoms with Gasteiger partial charge in [0.25, 0.3) is 0 Å². The molecule has 4 aromatic rings.